The molecule has 0 saturated heterocycles. The second kappa shape index (κ2) is 12.0. The van der Waals surface area contributed by atoms with Crippen LogP contribution in [0.4, 0.5) is 0 Å². The van der Waals surface area contributed by atoms with Gasteiger partial charge >= 0.3 is 17.1 Å². The molecule has 0 saturated carbocycles. The van der Waals surface area contributed by atoms with Gasteiger partial charge in [0.15, 0.2) is 0 Å². The van der Waals surface area contributed by atoms with Crippen LogP contribution in [0.2, 0.25) is 0 Å². The van der Waals surface area contributed by atoms with Crippen molar-refractivity contribution in [3.63, 3.8) is 0 Å². The number of hydrogen-bond acceptors (Lipinski definition) is 2. The van der Waals surface area contributed by atoms with Crippen molar-refractivity contribution in [3.05, 3.63) is 132 Å². The first-order valence-corrected chi connectivity index (χ1v) is 14.2. The van der Waals surface area contributed by atoms with Crippen molar-refractivity contribution in [2.45, 2.75) is 0 Å². The summed E-state index contributed by atoms with van der Waals surface area (Å²) in [5.74, 6) is 0. The minimum absolute atomic E-state index is 0. The monoisotopic (exact) mass is 662 g/mol. The summed E-state index contributed by atoms with van der Waals surface area (Å²) in [6, 6.07) is 38.9. The van der Waals surface area contributed by atoms with Crippen LogP contribution in [0.1, 0.15) is 22.8 Å². The van der Waals surface area contributed by atoms with Crippen LogP contribution in [0, 0.1) is 0 Å². The Morgan fingerprint density at radius 2 is 1.07 bits per heavy atom. The van der Waals surface area contributed by atoms with Gasteiger partial charge in [-0.15, -0.1) is 0 Å². The third-order valence-corrected chi connectivity index (χ3v) is 8.22. The Morgan fingerprint density at radius 3 is 1.82 bits per heavy atom. The van der Waals surface area contributed by atoms with Crippen molar-refractivity contribution in [1.29, 1.82) is 0 Å². The van der Waals surface area contributed by atoms with E-state index in [1.807, 2.05) is 6.08 Å². The number of benzene rings is 4. The van der Waals surface area contributed by atoms with Gasteiger partial charge in [0.1, 0.15) is 0 Å². The Hall–Kier alpha value is -4.64. The number of hydrogen-bond donors (Lipinski definition) is 2. The van der Waals surface area contributed by atoms with Crippen LogP contribution in [-0.4, -0.2) is 19.9 Å². The summed E-state index contributed by atoms with van der Waals surface area (Å²) in [7, 11) is 0. The Labute approximate surface area is 282 Å². The summed E-state index contributed by atoms with van der Waals surface area (Å²) in [6.07, 6.45) is 8.32. The summed E-state index contributed by atoms with van der Waals surface area (Å²) in [6.45, 7) is 0. The molecule has 0 fully saturated rings. The zero-order valence-corrected chi connectivity index (χ0v) is 26.3. The fraction of sp³-hybridized carbons (Fsp3) is 0. The molecule has 0 spiro atoms. The van der Waals surface area contributed by atoms with E-state index in [-0.39, 0.29) is 41.9 Å². The number of nitrogens with zero attached hydrogens (tertiary/aromatic N) is 2. The minimum Gasteiger partial charge on any atom is -1.00 e. The third-order valence-electron chi connectivity index (χ3n) is 8.22. The van der Waals surface area contributed by atoms with Crippen LogP contribution in [0.15, 0.2) is 109 Å². The quantitative estimate of drug-likeness (QED) is 0.160. The maximum atomic E-state index is 5.15. The molecule has 2 aliphatic rings. The van der Waals surface area contributed by atoms with Crippen LogP contribution in [0.3, 0.4) is 0 Å². The van der Waals surface area contributed by atoms with Gasteiger partial charge < -0.3 is 34.8 Å². The third kappa shape index (κ3) is 5.35. The van der Waals surface area contributed by atoms with Crippen LogP contribution in [-0.2, 0) is 17.1 Å². The Kier molecular flexibility index (Phi) is 8.13. The molecule has 5 heterocycles. The summed E-state index contributed by atoms with van der Waals surface area (Å²) in [5, 5.41) is 7.38. The van der Waals surface area contributed by atoms with E-state index in [2.05, 4.69) is 137 Å². The van der Waals surface area contributed by atoms with Crippen LogP contribution in [0.25, 0.3) is 89.8 Å². The molecule has 2 aliphatic heterocycles. The molecule has 0 aliphatic carbocycles. The van der Waals surface area contributed by atoms with Gasteiger partial charge in [-0.3, -0.25) is 0 Å². The van der Waals surface area contributed by atoms with E-state index in [0.717, 1.165) is 56.0 Å². The largest absolute Gasteiger partial charge is 2.00 e. The van der Waals surface area contributed by atoms with Crippen molar-refractivity contribution in [2.24, 2.45) is 0 Å². The second-order valence-electron chi connectivity index (χ2n) is 10.9. The van der Waals surface area contributed by atoms with E-state index in [1.165, 1.54) is 32.3 Å². The molecule has 45 heavy (non-hydrogen) atoms. The predicted octanol–water partition coefficient (Wildman–Crippen LogP) is 3.79. The summed E-state index contributed by atoms with van der Waals surface area (Å²) in [4.78, 5) is 17.1. The SMILES string of the molecule is C1=Cc2cc3ccc([nH]3)c(-c3cccc4ccc5cc6ccccc6cc5c34)c3nc(cc4ccc(cc1n2)[nH]4)C=C3.[Cl-].[Cl-].[Fe+2]. The summed E-state index contributed by atoms with van der Waals surface area (Å²) >= 11 is 0. The number of H-pyrrole nitrogens is 2. The van der Waals surface area contributed by atoms with E-state index in [9.17, 15) is 0 Å². The molecule has 0 radical (unpaired) electrons. The number of rotatable bonds is 1. The average molecular weight is 663 g/mol. The van der Waals surface area contributed by atoms with Crippen LogP contribution < -0.4 is 24.8 Å². The van der Waals surface area contributed by atoms with Gasteiger partial charge in [0, 0.05) is 27.6 Å². The minimum atomic E-state index is 0. The van der Waals surface area contributed by atoms with E-state index in [0.29, 0.717) is 0 Å². The van der Waals surface area contributed by atoms with Crippen molar-refractivity contribution in [1.82, 2.24) is 19.9 Å². The molecule has 7 heteroatoms. The van der Waals surface area contributed by atoms with E-state index in [4.69, 9.17) is 9.97 Å². The maximum Gasteiger partial charge on any atom is 2.00 e. The molecule has 7 aromatic rings. The molecule has 218 valence electrons. The molecular formula is C38H24Cl2FeN4. The first kappa shape index (κ1) is 30.4. The van der Waals surface area contributed by atoms with Gasteiger partial charge in [-0.25, -0.2) is 9.97 Å². The van der Waals surface area contributed by atoms with Gasteiger partial charge in [0.2, 0.25) is 0 Å². The van der Waals surface area contributed by atoms with E-state index < -0.39 is 0 Å². The number of aromatic nitrogens is 4. The predicted molar refractivity (Wildman–Crippen MR) is 177 cm³/mol. The fourth-order valence-corrected chi connectivity index (χ4v) is 6.30. The average Bonchev–Trinajstić information content (AvgIpc) is 3.83. The number of halogens is 2. The molecule has 3 aromatic heterocycles. The van der Waals surface area contributed by atoms with Crippen molar-refractivity contribution >= 4 is 78.7 Å². The first-order chi connectivity index (χ1) is 20.7. The molecule has 2 N–H and O–H groups in total. The molecule has 4 nitrogen and oxygen atoms in total. The van der Waals surface area contributed by atoms with E-state index >= 15 is 0 Å². The van der Waals surface area contributed by atoms with Crippen LogP contribution in [0.5, 0.6) is 0 Å². The number of fused-ring (bicyclic) bond motifs is 12. The molecule has 0 unspecified atom stereocenters. The van der Waals surface area contributed by atoms with Gasteiger partial charge in [-0.1, -0.05) is 54.6 Å². The molecule has 8 bridgehead atoms. The Bertz CT molecular complexity index is 2490. The molecular weight excluding hydrogens is 639 g/mol. The Balaban J connectivity index is 0.00000119. The fourth-order valence-electron chi connectivity index (χ4n) is 6.30. The standard InChI is InChI=1S/C38H24N4.2ClH.Fe/c1-2-5-25-19-34-26(18-24(25)4-1)9-8-23-6-3-7-33(37(23)34)38-35-16-14-31(41-35)21-29-12-10-27(39-29)20-28-11-13-30(40-28)22-32-15-17-36(38)42-32;;;/h1-22,39,42H;2*1H;/q;;;+2/p-2. The second-order valence-corrected chi connectivity index (χ2v) is 10.9. The topological polar surface area (TPSA) is 57.4 Å². The van der Waals surface area contributed by atoms with Crippen molar-refractivity contribution in [2.75, 3.05) is 0 Å². The maximum absolute atomic E-state index is 5.15. The van der Waals surface area contributed by atoms with Crippen LogP contribution >= 0.6 is 0 Å². The molecule has 0 amide bonds. The summed E-state index contributed by atoms with van der Waals surface area (Å²) < 4.78 is 0. The van der Waals surface area contributed by atoms with Gasteiger partial charge in [0.25, 0.3) is 0 Å². The normalized spacial score (nSPS) is 11.7. The number of nitrogens with one attached hydrogen (secondary N) is 2. The molecule has 0 atom stereocenters. The zero-order valence-electron chi connectivity index (χ0n) is 23.7. The smallest absolute Gasteiger partial charge is 1.00 e. The van der Waals surface area contributed by atoms with E-state index in [1.54, 1.807) is 0 Å². The summed E-state index contributed by atoms with van der Waals surface area (Å²) in [5.41, 5.74) is 9.92. The Morgan fingerprint density at radius 1 is 0.467 bits per heavy atom. The van der Waals surface area contributed by atoms with Gasteiger partial charge in [0.05, 0.1) is 22.8 Å². The van der Waals surface area contributed by atoms with Gasteiger partial charge in [-0.05, 0) is 117 Å². The van der Waals surface area contributed by atoms with Crippen molar-refractivity contribution < 1.29 is 41.9 Å². The van der Waals surface area contributed by atoms with Crippen molar-refractivity contribution in [3.8, 4) is 11.1 Å². The number of aromatic amines is 2. The molecule has 9 rings (SSSR count). The first-order valence-electron chi connectivity index (χ1n) is 14.2. The molecule has 4 aromatic carbocycles. The zero-order chi connectivity index (χ0) is 27.6. The van der Waals surface area contributed by atoms with Gasteiger partial charge in [-0.2, -0.15) is 0 Å².